The second-order valence-electron chi connectivity index (χ2n) is 3.97. The molecule has 3 rings (SSSR count). The highest BCUT2D eigenvalue weighted by Crippen LogP contribution is 2.22. The molecule has 0 bridgehead atoms. The number of rotatable bonds is 2. The molecule has 3 heteroatoms. The standard InChI is InChI=1S/C14H11BrN2/c15-12-7-4-8-13-14(12)16-10-17(13)9-11-5-2-1-3-6-11/h1-8,10H,9H2. The molecule has 17 heavy (non-hydrogen) atoms. The molecule has 0 aliphatic heterocycles. The Balaban J connectivity index is 2.05. The molecule has 0 N–H and O–H groups in total. The van der Waals surface area contributed by atoms with Crippen molar-refractivity contribution < 1.29 is 0 Å². The highest BCUT2D eigenvalue weighted by atomic mass is 79.9. The molecule has 1 heterocycles. The number of nitrogens with zero attached hydrogens (tertiary/aromatic N) is 2. The summed E-state index contributed by atoms with van der Waals surface area (Å²) >= 11 is 3.52. The molecule has 0 saturated heterocycles. The summed E-state index contributed by atoms with van der Waals surface area (Å²) in [7, 11) is 0. The molecule has 3 aromatic rings. The quantitative estimate of drug-likeness (QED) is 0.700. The Hall–Kier alpha value is -1.61. The average molecular weight is 287 g/mol. The van der Waals surface area contributed by atoms with Gasteiger partial charge in [0.05, 0.1) is 11.8 Å². The summed E-state index contributed by atoms with van der Waals surface area (Å²) in [5.74, 6) is 0. The predicted octanol–water partition coefficient (Wildman–Crippen LogP) is 3.85. The van der Waals surface area contributed by atoms with Gasteiger partial charge in [-0.05, 0) is 33.6 Å². The molecule has 1 aromatic heterocycles. The number of hydrogen-bond donors (Lipinski definition) is 0. The van der Waals surface area contributed by atoms with Crippen LogP contribution in [0.15, 0.2) is 59.3 Å². The Morgan fingerprint density at radius 2 is 1.82 bits per heavy atom. The van der Waals surface area contributed by atoms with E-state index in [9.17, 15) is 0 Å². The van der Waals surface area contributed by atoms with E-state index in [0.717, 1.165) is 22.1 Å². The van der Waals surface area contributed by atoms with Gasteiger partial charge in [-0.3, -0.25) is 0 Å². The number of benzene rings is 2. The Morgan fingerprint density at radius 3 is 2.65 bits per heavy atom. The van der Waals surface area contributed by atoms with Crippen LogP contribution in [0.25, 0.3) is 11.0 Å². The Morgan fingerprint density at radius 1 is 1.00 bits per heavy atom. The summed E-state index contributed by atoms with van der Waals surface area (Å²) in [6.45, 7) is 0.855. The highest BCUT2D eigenvalue weighted by molar-refractivity contribution is 9.10. The Bertz CT molecular complexity index is 644. The minimum absolute atomic E-state index is 0.855. The van der Waals surface area contributed by atoms with E-state index in [0.29, 0.717) is 0 Å². The Labute approximate surface area is 108 Å². The summed E-state index contributed by atoms with van der Waals surface area (Å²) in [4.78, 5) is 4.43. The van der Waals surface area contributed by atoms with Crippen molar-refractivity contribution in [3.8, 4) is 0 Å². The topological polar surface area (TPSA) is 17.8 Å². The maximum absolute atomic E-state index is 4.43. The van der Waals surface area contributed by atoms with Crippen LogP contribution < -0.4 is 0 Å². The maximum atomic E-state index is 4.43. The van der Waals surface area contributed by atoms with Gasteiger partial charge in [0, 0.05) is 11.0 Å². The fourth-order valence-electron chi connectivity index (χ4n) is 1.96. The average Bonchev–Trinajstić information content (AvgIpc) is 2.76. The molecule has 2 nitrogen and oxygen atoms in total. The van der Waals surface area contributed by atoms with Crippen molar-refractivity contribution in [2.75, 3.05) is 0 Å². The molecule has 0 saturated carbocycles. The van der Waals surface area contributed by atoms with E-state index in [1.807, 2.05) is 24.5 Å². The first kappa shape index (κ1) is 10.5. The number of imidazole rings is 1. The summed E-state index contributed by atoms with van der Waals surface area (Å²) < 4.78 is 3.21. The number of halogens is 1. The van der Waals surface area contributed by atoms with Gasteiger partial charge < -0.3 is 4.57 Å². The van der Waals surface area contributed by atoms with Gasteiger partial charge in [0.25, 0.3) is 0 Å². The predicted molar refractivity (Wildman–Crippen MR) is 73.0 cm³/mol. The molecule has 0 amide bonds. The fraction of sp³-hybridized carbons (Fsp3) is 0.0714. The third kappa shape index (κ3) is 1.98. The molecule has 0 fully saturated rings. The first-order valence-corrected chi connectivity index (χ1v) is 6.27. The minimum atomic E-state index is 0.855. The zero-order valence-corrected chi connectivity index (χ0v) is 10.8. The SMILES string of the molecule is Brc1cccc2c1ncn2Cc1ccccc1. The van der Waals surface area contributed by atoms with E-state index in [4.69, 9.17) is 0 Å². The van der Waals surface area contributed by atoms with Crippen LogP contribution in [-0.4, -0.2) is 9.55 Å². The van der Waals surface area contributed by atoms with Gasteiger partial charge in [-0.2, -0.15) is 0 Å². The summed E-state index contributed by atoms with van der Waals surface area (Å²) in [6.07, 6.45) is 1.89. The van der Waals surface area contributed by atoms with E-state index in [2.05, 4.69) is 55.8 Å². The molecule has 0 aliphatic carbocycles. The number of fused-ring (bicyclic) bond motifs is 1. The lowest BCUT2D eigenvalue weighted by atomic mass is 10.2. The Kier molecular flexibility index (Phi) is 2.69. The van der Waals surface area contributed by atoms with Crippen LogP contribution in [0.2, 0.25) is 0 Å². The van der Waals surface area contributed by atoms with E-state index in [1.165, 1.54) is 5.56 Å². The first-order chi connectivity index (χ1) is 8.34. The van der Waals surface area contributed by atoms with Crippen molar-refractivity contribution in [1.82, 2.24) is 9.55 Å². The van der Waals surface area contributed by atoms with Crippen LogP contribution in [0.4, 0.5) is 0 Å². The minimum Gasteiger partial charge on any atom is -0.326 e. The van der Waals surface area contributed by atoms with E-state index >= 15 is 0 Å². The lowest BCUT2D eigenvalue weighted by Crippen LogP contribution is -1.97. The van der Waals surface area contributed by atoms with Crippen LogP contribution >= 0.6 is 15.9 Å². The zero-order chi connectivity index (χ0) is 11.7. The van der Waals surface area contributed by atoms with Crippen molar-refractivity contribution >= 4 is 27.0 Å². The summed E-state index contributed by atoms with van der Waals surface area (Å²) in [6, 6.07) is 16.6. The van der Waals surface area contributed by atoms with Gasteiger partial charge in [-0.15, -0.1) is 0 Å². The number of hydrogen-bond acceptors (Lipinski definition) is 1. The third-order valence-corrected chi connectivity index (χ3v) is 3.44. The van der Waals surface area contributed by atoms with Gasteiger partial charge in [-0.1, -0.05) is 36.4 Å². The second kappa shape index (κ2) is 4.34. The lowest BCUT2D eigenvalue weighted by Gasteiger charge is -2.04. The van der Waals surface area contributed by atoms with Crippen molar-refractivity contribution in [3.05, 3.63) is 64.9 Å². The molecular weight excluding hydrogens is 276 g/mol. The van der Waals surface area contributed by atoms with Gasteiger partial charge in [0.15, 0.2) is 0 Å². The van der Waals surface area contributed by atoms with Gasteiger partial charge in [0.1, 0.15) is 5.52 Å². The van der Waals surface area contributed by atoms with Crippen LogP contribution in [0.5, 0.6) is 0 Å². The monoisotopic (exact) mass is 286 g/mol. The van der Waals surface area contributed by atoms with E-state index in [1.54, 1.807) is 0 Å². The summed E-state index contributed by atoms with van der Waals surface area (Å²) in [5, 5.41) is 0. The largest absolute Gasteiger partial charge is 0.326 e. The fourth-order valence-corrected chi connectivity index (χ4v) is 2.42. The van der Waals surface area contributed by atoms with Crippen LogP contribution in [0, 0.1) is 0 Å². The molecule has 0 radical (unpaired) electrons. The van der Waals surface area contributed by atoms with Crippen molar-refractivity contribution in [2.45, 2.75) is 6.54 Å². The van der Waals surface area contributed by atoms with E-state index in [-0.39, 0.29) is 0 Å². The van der Waals surface area contributed by atoms with Crippen molar-refractivity contribution in [2.24, 2.45) is 0 Å². The molecule has 2 aromatic carbocycles. The van der Waals surface area contributed by atoms with E-state index < -0.39 is 0 Å². The summed E-state index contributed by atoms with van der Waals surface area (Å²) in [5.41, 5.74) is 3.46. The van der Waals surface area contributed by atoms with Gasteiger partial charge >= 0.3 is 0 Å². The van der Waals surface area contributed by atoms with Gasteiger partial charge in [0.2, 0.25) is 0 Å². The molecular formula is C14H11BrN2. The second-order valence-corrected chi connectivity index (χ2v) is 4.82. The van der Waals surface area contributed by atoms with Crippen LogP contribution in [0.3, 0.4) is 0 Å². The molecule has 0 unspecified atom stereocenters. The van der Waals surface area contributed by atoms with Crippen LogP contribution in [0.1, 0.15) is 5.56 Å². The molecule has 84 valence electrons. The molecule has 0 atom stereocenters. The first-order valence-electron chi connectivity index (χ1n) is 5.48. The third-order valence-electron chi connectivity index (χ3n) is 2.80. The van der Waals surface area contributed by atoms with Gasteiger partial charge in [-0.25, -0.2) is 4.98 Å². The molecule has 0 aliphatic rings. The van der Waals surface area contributed by atoms with Crippen LogP contribution in [-0.2, 0) is 6.54 Å². The number of aromatic nitrogens is 2. The maximum Gasteiger partial charge on any atom is 0.103 e. The number of para-hydroxylation sites is 1. The van der Waals surface area contributed by atoms with Crippen molar-refractivity contribution in [3.63, 3.8) is 0 Å². The van der Waals surface area contributed by atoms with Crippen molar-refractivity contribution in [1.29, 1.82) is 0 Å². The lowest BCUT2D eigenvalue weighted by molar-refractivity contribution is 0.824. The zero-order valence-electron chi connectivity index (χ0n) is 9.18. The highest BCUT2D eigenvalue weighted by Gasteiger charge is 2.05. The smallest absolute Gasteiger partial charge is 0.103 e. The molecule has 0 spiro atoms. The normalized spacial score (nSPS) is 10.9.